The van der Waals surface area contributed by atoms with Crippen LogP contribution in [0.3, 0.4) is 0 Å². The van der Waals surface area contributed by atoms with E-state index in [1.807, 2.05) is 0 Å². The van der Waals surface area contributed by atoms with Crippen LogP contribution in [0.1, 0.15) is 16.1 Å². The molecule has 106 valence electrons. The van der Waals surface area contributed by atoms with Gasteiger partial charge in [-0.05, 0) is 26.1 Å². The fourth-order valence-corrected chi connectivity index (χ4v) is 2.69. The number of hydrogen-bond donors (Lipinski definition) is 2. The van der Waals surface area contributed by atoms with Crippen molar-refractivity contribution in [3.05, 3.63) is 41.7 Å². The Morgan fingerprint density at radius 3 is 2.55 bits per heavy atom. The van der Waals surface area contributed by atoms with Gasteiger partial charge in [-0.25, -0.2) is 22.6 Å². The number of aromatic carboxylic acids is 1. The van der Waals surface area contributed by atoms with Crippen LogP contribution in [0, 0.1) is 6.92 Å². The van der Waals surface area contributed by atoms with Crippen molar-refractivity contribution < 1.29 is 18.3 Å². The summed E-state index contributed by atoms with van der Waals surface area (Å²) < 4.78 is 27.4. The van der Waals surface area contributed by atoms with Gasteiger partial charge in [-0.3, -0.25) is 0 Å². The lowest BCUT2D eigenvalue weighted by Crippen LogP contribution is -2.20. The molecule has 1 aromatic carbocycles. The SMILES string of the molecule is CNS(=O)(=O)c1ccccc1-n1cc(C(=O)O)c(C)n1. The number of sulfonamides is 1. The second kappa shape index (κ2) is 5.06. The zero-order valence-electron chi connectivity index (χ0n) is 10.9. The van der Waals surface area contributed by atoms with Gasteiger partial charge in [0.15, 0.2) is 0 Å². The van der Waals surface area contributed by atoms with E-state index in [9.17, 15) is 13.2 Å². The lowest BCUT2D eigenvalue weighted by Gasteiger charge is -2.09. The number of nitrogens with one attached hydrogen (secondary N) is 1. The molecule has 0 unspecified atom stereocenters. The molecule has 8 heteroatoms. The summed E-state index contributed by atoms with van der Waals surface area (Å²) in [6.07, 6.45) is 1.29. The molecule has 0 aliphatic heterocycles. The Kier molecular flexibility index (Phi) is 3.60. The quantitative estimate of drug-likeness (QED) is 0.868. The van der Waals surface area contributed by atoms with Gasteiger partial charge in [0.25, 0.3) is 0 Å². The summed E-state index contributed by atoms with van der Waals surface area (Å²) in [6.45, 7) is 1.55. The van der Waals surface area contributed by atoms with Gasteiger partial charge >= 0.3 is 5.97 Å². The number of carboxylic acids is 1. The fourth-order valence-electron chi connectivity index (χ4n) is 1.78. The van der Waals surface area contributed by atoms with Crippen LogP contribution in [0.25, 0.3) is 5.69 Å². The standard InChI is InChI=1S/C12H13N3O4S/c1-8-9(12(16)17)7-15(14-8)10-5-3-4-6-11(10)20(18,19)13-2/h3-7,13H,1-2H3,(H,16,17). The number of nitrogens with zero attached hydrogens (tertiary/aromatic N) is 2. The summed E-state index contributed by atoms with van der Waals surface area (Å²) in [5.74, 6) is -1.11. The van der Waals surface area contributed by atoms with Gasteiger partial charge in [0.05, 0.1) is 11.4 Å². The lowest BCUT2D eigenvalue weighted by atomic mass is 10.3. The van der Waals surface area contributed by atoms with Crippen molar-refractivity contribution in [1.82, 2.24) is 14.5 Å². The summed E-state index contributed by atoms with van der Waals surface area (Å²) in [7, 11) is -2.35. The number of hydrogen-bond acceptors (Lipinski definition) is 4. The van der Waals surface area contributed by atoms with E-state index in [0.29, 0.717) is 5.69 Å². The van der Waals surface area contributed by atoms with Crippen LogP contribution in [-0.4, -0.2) is 36.3 Å². The number of benzene rings is 1. The van der Waals surface area contributed by atoms with Crippen LogP contribution >= 0.6 is 0 Å². The minimum atomic E-state index is -3.66. The predicted octanol–water partition coefficient (Wildman–Crippen LogP) is 0.787. The van der Waals surface area contributed by atoms with Crippen molar-refractivity contribution in [2.75, 3.05) is 7.05 Å². The molecule has 0 fully saturated rings. The number of rotatable bonds is 4. The summed E-state index contributed by atoms with van der Waals surface area (Å²) in [6, 6.07) is 6.23. The first-order valence-electron chi connectivity index (χ1n) is 5.69. The maximum absolute atomic E-state index is 12.0. The summed E-state index contributed by atoms with van der Waals surface area (Å²) >= 11 is 0. The zero-order chi connectivity index (χ0) is 14.9. The van der Waals surface area contributed by atoms with Crippen molar-refractivity contribution in [2.45, 2.75) is 11.8 Å². The van der Waals surface area contributed by atoms with E-state index in [0.717, 1.165) is 0 Å². The van der Waals surface area contributed by atoms with E-state index < -0.39 is 16.0 Å². The number of aryl methyl sites for hydroxylation is 1. The van der Waals surface area contributed by atoms with Crippen LogP contribution in [0.5, 0.6) is 0 Å². The maximum atomic E-state index is 12.0. The molecule has 0 radical (unpaired) electrons. The summed E-state index contributed by atoms with van der Waals surface area (Å²) in [5, 5.41) is 13.1. The Balaban J connectivity index is 2.66. The molecule has 0 saturated carbocycles. The third kappa shape index (κ3) is 2.43. The highest BCUT2D eigenvalue weighted by Crippen LogP contribution is 2.20. The minimum absolute atomic E-state index is 0.0293. The van der Waals surface area contributed by atoms with Crippen molar-refractivity contribution in [1.29, 1.82) is 0 Å². The third-order valence-corrected chi connectivity index (χ3v) is 4.26. The van der Waals surface area contributed by atoms with E-state index in [1.165, 1.54) is 24.0 Å². The highest BCUT2D eigenvalue weighted by molar-refractivity contribution is 7.89. The Hall–Kier alpha value is -2.19. The fraction of sp³-hybridized carbons (Fsp3) is 0.167. The molecule has 1 heterocycles. The van der Waals surface area contributed by atoms with Gasteiger partial charge in [-0.2, -0.15) is 5.10 Å². The van der Waals surface area contributed by atoms with Crippen molar-refractivity contribution >= 4 is 16.0 Å². The summed E-state index contributed by atoms with van der Waals surface area (Å²) in [4.78, 5) is 11.1. The van der Waals surface area contributed by atoms with E-state index in [4.69, 9.17) is 5.11 Å². The van der Waals surface area contributed by atoms with E-state index >= 15 is 0 Å². The highest BCUT2D eigenvalue weighted by Gasteiger charge is 2.20. The predicted molar refractivity (Wildman–Crippen MR) is 71.5 cm³/mol. The molecule has 0 bridgehead atoms. The molecule has 0 amide bonds. The zero-order valence-corrected chi connectivity index (χ0v) is 11.7. The van der Waals surface area contributed by atoms with Gasteiger partial charge in [0.1, 0.15) is 10.5 Å². The Morgan fingerprint density at radius 1 is 1.35 bits per heavy atom. The number of carbonyl (C=O) groups is 1. The average Bonchev–Trinajstić information content (AvgIpc) is 2.81. The number of aromatic nitrogens is 2. The molecular formula is C12H13N3O4S. The molecule has 0 atom stereocenters. The van der Waals surface area contributed by atoms with Crippen LogP contribution < -0.4 is 4.72 Å². The van der Waals surface area contributed by atoms with Gasteiger partial charge in [0.2, 0.25) is 10.0 Å². The Labute approximate surface area is 115 Å². The first-order chi connectivity index (χ1) is 9.36. The van der Waals surface area contributed by atoms with Crippen LogP contribution in [0.4, 0.5) is 0 Å². The molecule has 0 aliphatic carbocycles. The molecule has 20 heavy (non-hydrogen) atoms. The second-order valence-electron chi connectivity index (χ2n) is 4.05. The second-order valence-corrected chi connectivity index (χ2v) is 5.91. The lowest BCUT2D eigenvalue weighted by molar-refractivity contribution is 0.0696. The van der Waals surface area contributed by atoms with Gasteiger partial charge in [-0.15, -0.1) is 0 Å². The van der Waals surface area contributed by atoms with E-state index in [-0.39, 0.29) is 16.1 Å². The molecule has 0 aliphatic rings. The topological polar surface area (TPSA) is 101 Å². The van der Waals surface area contributed by atoms with Crippen LogP contribution in [0.2, 0.25) is 0 Å². The molecule has 0 saturated heterocycles. The molecule has 0 spiro atoms. The number of para-hydroxylation sites is 1. The van der Waals surface area contributed by atoms with Crippen molar-refractivity contribution in [2.24, 2.45) is 0 Å². The van der Waals surface area contributed by atoms with E-state index in [2.05, 4.69) is 9.82 Å². The molecular weight excluding hydrogens is 282 g/mol. The first kappa shape index (κ1) is 14.2. The van der Waals surface area contributed by atoms with Gasteiger partial charge < -0.3 is 5.11 Å². The largest absolute Gasteiger partial charge is 0.478 e. The van der Waals surface area contributed by atoms with Crippen LogP contribution in [0.15, 0.2) is 35.4 Å². The molecule has 2 aromatic rings. The maximum Gasteiger partial charge on any atom is 0.339 e. The normalized spacial score (nSPS) is 11.5. The molecule has 1 aromatic heterocycles. The van der Waals surface area contributed by atoms with Crippen molar-refractivity contribution in [3.8, 4) is 5.69 Å². The molecule has 7 nitrogen and oxygen atoms in total. The Morgan fingerprint density at radius 2 is 2.00 bits per heavy atom. The average molecular weight is 295 g/mol. The molecule has 2 N–H and O–H groups in total. The Bertz CT molecular complexity index is 765. The molecule has 2 rings (SSSR count). The first-order valence-corrected chi connectivity index (χ1v) is 7.17. The van der Waals surface area contributed by atoms with Crippen LogP contribution in [-0.2, 0) is 10.0 Å². The smallest absolute Gasteiger partial charge is 0.339 e. The van der Waals surface area contributed by atoms with E-state index in [1.54, 1.807) is 25.1 Å². The monoisotopic (exact) mass is 295 g/mol. The van der Waals surface area contributed by atoms with Gasteiger partial charge in [0, 0.05) is 6.20 Å². The number of carboxylic acid groups (broad SMARTS) is 1. The van der Waals surface area contributed by atoms with Crippen molar-refractivity contribution in [3.63, 3.8) is 0 Å². The minimum Gasteiger partial charge on any atom is -0.478 e. The highest BCUT2D eigenvalue weighted by atomic mass is 32.2. The third-order valence-electron chi connectivity index (χ3n) is 2.80. The summed E-state index contributed by atoms with van der Waals surface area (Å²) in [5.41, 5.74) is 0.633. The van der Waals surface area contributed by atoms with Gasteiger partial charge in [-0.1, -0.05) is 12.1 Å².